The fraction of sp³-hybridized carbons (Fsp3) is 0.632. The summed E-state index contributed by atoms with van der Waals surface area (Å²) >= 11 is 0. The molecule has 23 heavy (non-hydrogen) atoms. The first kappa shape index (κ1) is 17.8. The number of aryl methyl sites for hydroxylation is 3. The normalized spacial score (nSPS) is 21.7. The first-order valence-corrected chi connectivity index (χ1v) is 8.40. The van der Waals surface area contributed by atoms with Gasteiger partial charge in [0, 0.05) is 18.1 Å². The van der Waals surface area contributed by atoms with Gasteiger partial charge in [0.25, 0.3) is 0 Å². The van der Waals surface area contributed by atoms with Crippen molar-refractivity contribution < 1.29 is 9.53 Å². The van der Waals surface area contributed by atoms with Gasteiger partial charge in [0.05, 0.1) is 0 Å². The van der Waals surface area contributed by atoms with E-state index in [1.165, 1.54) is 22.3 Å². The predicted octanol–water partition coefficient (Wildman–Crippen LogP) is 3.93. The molecule has 0 saturated heterocycles. The summed E-state index contributed by atoms with van der Waals surface area (Å²) in [4.78, 5) is 11.8. The number of carbonyl (C=O) groups is 1. The minimum absolute atomic E-state index is 0.166. The summed E-state index contributed by atoms with van der Waals surface area (Å²) in [5.41, 5.74) is 4.83. The van der Waals surface area contributed by atoms with Crippen molar-refractivity contribution in [3.8, 4) is 0 Å². The molecule has 3 unspecified atom stereocenters. The Hall–Kier alpha value is -1.55. The summed E-state index contributed by atoms with van der Waals surface area (Å²) in [5, 5.41) is 6.53. The lowest BCUT2D eigenvalue weighted by Gasteiger charge is -2.20. The van der Waals surface area contributed by atoms with Gasteiger partial charge in [0.15, 0.2) is 0 Å². The van der Waals surface area contributed by atoms with E-state index in [0.29, 0.717) is 6.04 Å². The van der Waals surface area contributed by atoms with Gasteiger partial charge in [-0.15, -0.1) is 0 Å². The van der Waals surface area contributed by atoms with E-state index >= 15 is 0 Å². The van der Waals surface area contributed by atoms with Gasteiger partial charge in [-0.05, 0) is 77.1 Å². The zero-order chi connectivity index (χ0) is 17.4. The first-order valence-electron chi connectivity index (χ1n) is 8.40. The van der Waals surface area contributed by atoms with Crippen molar-refractivity contribution in [3.05, 3.63) is 34.4 Å². The van der Waals surface area contributed by atoms with Crippen LogP contribution < -0.4 is 10.6 Å². The van der Waals surface area contributed by atoms with Crippen molar-refractivity contribution in [2.75, 3.05) is 0 Å². The molecule has 1 aromatic rings. The van der Waals surface area contributed by atoms with E-state index in [4.69, 9.17) is 4.74 Å². The van der Waals surface area contributed by atoms with Gasteiger partial charge in [-0.1, -0.05) is 12.1 Å². The third-order valence-corrected chi connectivity index (χ3v) is 4.31. The molecule has 0 bridgehead atoms. The molecule has 0 aliphatic heterocycles. The average Bonchev–Trinajstić information content (AvgIpc) is 3.08. The van der Waals surface area contributed by atoms with Crippen LogP contribution in [0.5, 0.6) is 0 Å². The maximum Gasteiger partial charge on any atom is 0.407 e. The van der Waals surface area contributed by atoms with Gasteiger partial charge >= 0.3 is 6.09 Å². The fourth-order valence-electron chi connectivity index (χ4n) is 2.86. The second-order valence-electron chi connectivity index (χ2n) is 7.78. The standard InChI is InChI=1S/C19H30N2O2/c1-11-8-13(3)15(9-12(11)2)14(4)20-16-10-17(16)21-18(22)23-19(5,6)7/h8-9,14,16-17,20H,10H2,1-7H3,(H,21,22). The van der Waals surface area contributed by atoms with E-state index in [9.17, 15) is 4.79 Å². The van der Waals surface area contributed by atoms with E-state index in [2.05, 4.69) is 50.5 Å². The molecule has 4 nitrogen and oxygen atoms in total. The third-order valence-electron chi connectivity index (χ3n) is 4.31. The number of ether oxygens (including phenoxy) is 1. The zero-order valence-corrected chi connectivity index (χ0v) is 15.4. The van der Waals surface area contributed by atoms with Crippen LogP contribution in [0.4, 0.5) is 4.79 Å². The molecule has 0 aromatic heterocycles. The predicted molar refractivity (Wildman–Crippen MR) is 93.8 cm³/mol. The minimum Gasteiger partial charge on any atom is -0.444 e. The number of alkyl carbamates (subject to hydrolysis) is 1. The first-order chi connectivity index (χ1) is 10.6. The van der Waals surface area contributed by atoms with Crippen molar-refractivity contribution in [1.29, 1.82) is 0 Å². The van der Waals surface area contributed by atoms with Crippen molar-refractivity contribution in [2.45, 2.75) is 78.6 Å². The summed E-state index contributed by atoms with van der Waals surface area (Å²) in [6, 6.07) is 5.26. The summed E-state index contributed by atoms with van der Waals surface area (Å²) < 4.78 is 5.30. The molecule has 1 aliphatic carbocycles. The van der Waals surface area contributed by atoms with Crippen molar-refractivity contribution >= 4 is 6.09 Å². The Kier molecular flexibility index (Phi) is 5.04. The van der Waals surface area contributed by atoms with Crippen molar-refractivity contribution in [1.82, 2.24) is 10.6 Å². The highest BCUT2D eigenvalue weighted by Gasteiger charge is 2.40. The molecule has 1 saturated carbocycles. The molecular weight excluding hydrogens is 288 g/mol. The number of rotatable bonds is 4. The van der Waals surface area contributed by atoms with E-state index in [1.807, 2.05) is 20.8 Å². The van der Waals surface area contributed by atoms with Crippen LogP contribution in [0.3, 0.4) is 0 Å². The number of amides is 1. The average molecular weight is 318 g/mol. The molecule has 2 rings (SSSR count). The van der Waals surface area contributed by atoms with Gasteiger partial charge in [-0.25, -0.2) is 4.79 Å². The summed E-state index contributed by atoms with van der Waals surface area (Å²) in [6.07, 6.45) is 0.620. The van der Waals surface area contributed by atoms with E-state index in [-0.39, 0.29) is 18.2 Å². The van der Waals surface area contributed by atoms with E-state index in [1.54, 1.807) is 0 Å². The van der Waals surface area contributed by atoms with Gasteiger partial charge < -0.3 is 15.4 Å². The molecule has 4 heteroatoms. The van der Waals surface area contributed by atoms with Gasteiger partial charge in [-0.3, -0.25) is 0 Å². The quantitative estimate of drug-likeness (QED) is 0.884. The highest BCUT2D eigenvalue weighted by atomic mass is 16.6. The van der Waals surface area contributed by atoms with E-state index < -0.39 is 5.60 Å². The Labute approximate surface area is 140 Å². The molecule has 0 heterocycles. The molecule has 1 fully saturated rings. The summed E-state index contributed by atoms with van der Waals surface area (Å²) in [5.74, 6) is 0. The van der Waals surface area contributed by atoms with Crippen LogP contribution in [0.15, 0.2) is 12.1 Å². The SMILES string of the molecule is Cc1cc(C)c(C(C)NC2CC2NC(=O)OC(C)(C)C)cc1C. The van der Waals surface area contributed by atoms with Crippen molar-refractivity contribution in [2.24, 2.45) is 0 Å². The van der Waals surface area contributed by atoms with Crippen LogP contribution in [0.1, 0.15) is 62.4 Å². The Balaban J connectivity index is 1.88. The molecule has 0 radical (unpaired) electrons. The Morgan fingerprint density at radius 1 is 1.13 bits per heavy atom. The summed E-state index contributed by atoms with van der Waals surface area (Å²) in [6.45, 7) is 14.3. The molecule has 1 aromatic carbocycles. The highest BCUT2D eigenvalue weighted by Crippen LogP contribution is 2.28. The molecule has 1 amide bonds. The Morgan fingerprint density at radius 2 is 1.74 bits per heavy atom. The van der Waals surface area contributed by atoms with Crippen LogP contribution in [0.2, 0.25) is 0 Å². The Morgan fingerprint density at radius 3 is 2.35 bits per heavy atom. The largest absolute Gasteiger partial charge is 0.444 e. The molecule has 0 spiro atoms. The van der Waals surface area contributed by atoms with E-state index in [0.717, 1.165) is 6.42 Å². The van der Waals surface area contributed by atoms with Crippen LogP contribution in [-0.2, 0) is 4.74 Å². The monoisotopic (exact) mass is 318 g/mol. The van der Waals surface area contributed by atoms with Crippen molar-refractivity contribution in [3.63, 3.8) is 0 Å². The highest BCUT2D eigenvalue weighted by molar-refractivity contribution is 5.68. The second kappa shape index (κ2) is 6.52. The van der Waals surface area contributed by atoms with Crippen LogP contribution >= 0.6 is 0 Å². The fourth-order valence-corrected chi connectivity index (χ4v) is 2.86. The summed E-state index contributed by atoms with van der Waals surface area (Å²) in [7, 11) is 0. The third kappa shape index (κ3) is 4.96. The molecule has 1 aliphatic rings. The topological polar surface area (TPSA) is 50.4 Å². The number of hydrogen-bond acceptors (Lipinski definition) is 3. The van der Waals surface area contributed by atoms with Gasteiger partial charge in [-0.2, -0.15) is 0 Å². The number of carbonyl (C=O) groups excluding carboxylic acids is 1. The number of nitrogens with one attached hydrogen (secondary N) is 2. The lowest BCUT2D eigenvalue weighted by Crippen LogP contribution is -2.37. The molecule has 3 atom stereocenters. The maximum absolute atomic E-state index is 11.8. The lowest BCUT2D eigenvalue weighted by atomic mass is 9.96. The van der Waals surface area contributed by atoms with Gasteiger partial charge in [0.1, 0.15) is 5.60 Å². The minimum atomic E-state index is -0.453. The van der Waals surface area contributed by atoms with Crippen LogP contribution in [0.25, 0.3) is 0 Å². The molecular formula is C19H30N2O2. The second-order valence-corrected chi connectivity index (χ2v) is 7.78. The smallest absolute Gasteiger partial charge is 0.407 e. The number of hydrogen-bond donors (Lipinski definition) is 2. The zero-order valence-electron chi connectivity index (χ0n) is 15.4. The lowest BCUT2D eigenvalue weighted by molar-refractivity contribution is 0.0522. The van der Waals surface area contributed by atoms with Crippen LogP contribution in [0, 0.1) is 20.8 Å². The van der Waals surface area contributed by atoms with Gasteiger partial charge in [0.2, 0.25) is 0 Å². The Bertz CT molecular complexity index is 590. The molecule has 2 N–H and O–H groups in total. The molecule has 128 valence electrons. The number of benzene rings is 1. The van der Waals surface area contributed by atoms with Crippen LogP contribution in [-0.4, -0.2) is 23.8 Å². The maximum atomic E-state index is 11.8.